The second-order valence-corrected chi connectivity index (χ2v) is 8.73. The summed E-state index contributed by atoms with van der Waals surface area (Å²) in [4.78, 5) is 24.7. The summed E-state index contributed by atoms with van der Waals surface area (Å²) < 4.78 is 0. The Bertz CT molecular complexity index is 480. The molecule has 0 radical (unpaired) electrons. The minimum Gasteiger partial charge on any atom is -0.307 e. The Morgan fingerprint density at radius 1 is 0.875 bits per heavy atom. The van der Waals surface area contributed by atoms with Crippen LogP contribution >= 0.6 is 0 Å². The van der Waals surface area contributed by atoms with E-state index in [1.807, 2.05) is 0 Å². The molecule has 24 heavy (non-hydrogen) atoms. The third-order valence-corrected chi connectivity index (χ3v) is 7.39. The summed E-state index contributed by atoms with van der Waals surface area (Å²) in [6, 6.07) is -0.212. The highest BCUT2D eigenvalue weighted by Crippen LogP contribution is 2.40. The molecular weight excluding hydrogens is 300 g/mol. The molecule has 4 aliphatic rings. The Morgan fingerprint density at radius 3 is 2.38 bits per heavy atom. The molecule has 4 rings (SSSR count). The highest BCUT2D eigenvalue weighted by Gasteiger charge is 2.45. The molecule has 0 amide bonds. The van der Waals surface area contributed by atoms with Gasteiger partial charge in [-0.15, -0.1) is 0 Å². The van der Waals surface area contributed by atoms with Crippen LogP contribution in [0.15, 0.2) is 0 Å². The van der Waals surface area contributed by atoms with Gasteiger partial charge >= 0.3 is 0 Å². The maximum absolute atomic E-state index is 13.3. The molecule has 2 aliphatic carbocycles. The maximum atomic E-state index is 13.3. The Kier molecular flexibility index (Phi) is 5.05. The van der Waals surface area contributed by atoms with E-state index in [1.165, 1.54) is 44.9 Å². The number of nitrogens with one attached hydrogen (secondary N) is 2. The van der Waals surface area contributed by atoms with E-state index in [0.717, 1.165) is 43.9 Å². The molecule has 4 heteroatoms. The average molecular weight is 332 g/mol. The lowest BCUT2D eigenvalue weighted by molar-refractivity contribution is -0.129. The predicted octanol–water partition coefficient (Wildman–Crippen LogP) is 2.46. The van der Waals surface area contributed by atoms with Gasteiger partial charge in [0.2, 0.25) is 0 Å². The van der Waals surface area contributed by atoms with Gasteiger partial charge in [-0.25, -0.2) is 0 Å². The van der Waals surface area contributed by atoms with E-state index in [1.54, 1.807) is 0 Å². The summed E-state index contributed by atoms with van der Waals surface area (Å²) in [6.45, 7) is 1.01. The molecule has 0 aromatic rings. The van der Waals surface area contributed by atoms with Crippen LogP contribution in [0.2, 0.25) is 0 Å². The third-order valence-electron chi connectivity index (χ3n) is 7.39. The normalized spacial score (nSPS) is 45.8. The molecule has 4 nitrogen and oxygen atoms in total. The van der Waals surface area contributed by atoms with Crippen molar-refractivity contribution < 1.29 is 9.59 Å². The van der Waals surface area contributed by atoms with Crippen LogP contribution in [-0.2, 0) is 9.59 Å². The molecule has 7 unspecified atom stereocenters. The number of carbonyl (C=O) groups excluding carboxylic acids is 2. The number of hydrogen-bond donors (Lipinski definition) is 2. The second-order valence-electron chi connectivity index (χ2n) is 8.73. The first-order chi connectivity index (χ1) is 11.8. The van der Waals surface area contributed by atoms with Crippen molar-refractivity contribution in [3.63, 3.8) is 0 Å². The SMILES string of the molecule is O=CC1CC2CCCCC2C(C(=O)C2CC3CCCCC3CN2)N1. The van der Waals surface area contributed by atoms with E-state index < -0.39 is 0 Å². The summed E-state index contributed by atoms with van der Waals surface area (Å²) in [5.41, 5.74) is 0. The van der Waals surface area contributed by atoms with Crippen molar-refractivity contribution in [2.24, 2.45) is 23.7 Å². The number of carbonyl (C=O) groups is 2. The molecule has 0 bridgehead atoms. The highest BCUT2D eigenvalue weighted by molar-refractivity contribution is 5.90. The lowest BCUT2D eigenvalue weighted by Gasteiger charge is -2.46. The molecule has 2 heterocycles. The van der Waals surface area contributed by atoms with Gasteiger partial charge in [0.1, 0.15) is 6.29 Å². The number of ketones is 1. The Morgan fingerprint density at radius 2 is 1.58 bits per heavy atom. The largest absolute Gasteiger partial charge is 0.307 e. The fourth-order valence-corrected chi connectivity index (χ4v) is 6.08. The van der Waals surface area contributed by atoms with Crippen molar-refractivity contribution in [2.45, 2.75) is 82.3 Å². The fourth-order valence-electron chi connectivity index (χ4n) is 6.08. The molecule has 0 aromatic heterocycles. The Balaban J connectivity index is 1.46. The maximum Gasteiger partial charge on any atom is 0.166 e. The summed E-state index contributed by atoms with van der Waals surface area (Å²) >= 11 is 0. The number of rotatable bonds is 3. The zero-order chi connectivity index (χ0) is 16.5. The second kappa shape index (κ2) is 7.25. The number of fused-ring (bicyclic) bond motifs is 2. The minimum absolute atomic E-state index is 0.00910. The minimum atomic E-state index is -0.121. The van der Waals surface area contributed by atoms with Gasteiger partial charge in [0, 0.05) is 0 Å². The van der Waals surface area contributed by atoms with Crippen LogP contribution in [0.5, 0.6) is 0 Å². The zero-order valence-corrected chi connectivity index (χ0v) is 14.7. The van der Waals surface area contributed by atoms with Crippen molar-refractivity contribution in [1.82, 2.24) is 10.6 Å². The molecule has 134 valence electrons. The standard InChI is InChI=1S/C20H32N2O2/c23-12-16-9-14-6-3-4-8-17(14)19(22-16)20(24)18-10-13-5-1-2-7-15(13)11-21-18/h12-19,21-22H,1-11H2. The van der Waals surface area contributed by atoms with Crippen molar-refractivity contribution in [1.29, 1.82) is 0 Å². The van der Waals surface area contributed by atoms with Gasteiger partial charge in [-0.2, -0.15) is 0 Å². The van der Waals surface area contributed by atoms with Crippen LogP contribution in [0.3, 0.4) is 0 Å². The first-order valence-electron chi connectivity index (χ1n) is 10.2. The van der Waals surface area contributed by atoms with Gasteiger partial charge in [0.15, 0.2) is 5.78 Å². The predicted molar refractivity (Wildman–Crippen MR) is 93.7 cm³/mol. The van der Waals surface area contributed by atoms with E-state index in [4.69, 9.17) is 0 Å². The van der Waals surface area contributed by atoms with Crippen LogP contribution in [0.25, 0.3) is 0 Å². The molecule has 2 N–H and O–H groups in total. The van der Waals surface area contributed by atoms with Gasteiger partial charge in [-0.1, -0.05) is 38.5 Å². The summed E-state index contributed by atoms with van der Waals surface area (Å²) in [7, 11) is 0. The number of hydrogen-bond acceptors (Lipinski definition) is 4. The molecule has 2 saturated carbocycles. The summed E-state index contributed by atoms with van der Waals surface area (Å²) in [6.07, 6.45) is 13.2. The van der Waals surface area contributed by atoms with Crippen LogP contribution in [0, 0.1) is 23.7 Å². The smallest absolute Gasteiger partial charge is 0.166 e. The number of piperidine rings is 2. The van der Waals surface area contributed by atoms with Gasteiger partial charge in [-0.05, 0) is 55.9 Å². The van der Waals surface area contributed by atoms with Crippen LogP contribution < -0.4 is 10.6 Å². The van der Waals surface area contributed by atoms with Gasteiger partial charge in [-0.3, -0.25) is 10.1 Å². The highest BCUT2D eigenvalue weighted by atomic mass is 16.1. The molecular formula is C20H32N2O2. The van der Waals surface area contributed by atoms with Crippen LogP contribution in [-0.4, -0.2) is 36.7 Å². The lowest BCUT2D eigenvalue weighted by Crippen LogP contribution is -2.61. The number of aldehydes is 1. The van der Waals surface area contributed by atoms with Crippen LogP contribution in [0.1, 0.15) is 64.2 Å². The molecule has 7 atom stereocenters. The van der Waals surface area contributed by atoms with Crippen molar-refractivity contribution in [3.05, 3.63) is 0 Å². The van der Waals surface area contributed by atoms with Gasteiger partial charge < -0.3 is 10.1 Å². The fraction of sp³-hybridized carbons (Fsp3) is 0.900. The van der Waals surface area contributed by atoms with E-state index in [0.29, 0.717) is 17.6 Å². The molecule has 2 aliphatic heterocycles. The molecule has 0 aromatic carbocycles. The summed E-state index contributed by atoms with van der Waals surface area (Å²) in [5.74, 6) is 2.89. The van der Waals surface area contributed by atoms with Gasteiger partial charge in [0.25, 0.3) is 0 Å². The first-order valence-corrected chi connectivity index (χ1v) is 10.2. The third kappa shape index (κ3) is 3.20. The first kappa shape index (κ1) is 16.7. The Hall–Kier alpha value is -0.740. The van der Waals surface area contributed by atoms with E-state index in [9.17, 15) is 9.59 Å². The van der Waals surface area contributed by atoms with Crippen molar-refractivity contribution in [2.75, 3.05) is 6.54 Å². The summed E-state index contributed by atoms with van der Waals surface area (Å²) in [5, 5.41) is 6.98. The number of Topliss-reactive ketones (excluding diaryl/α,β-unsaturated/α-hetero) is 1. The Labute approximate surface area is 145 Å². The lowest BCUT2D eigenvalue weighted by atomic mass is 9.67. The average Bonchev–Trinajstić information content (AvgIpc) is 2.66. The molecule has 2 saturated heterocycles. The van der Waals surface area contributed by atoms with Crippen LogP contribution in [0.4, 0.5) is 0 Å². The van der Waals surface area contributed by atoms with E-state index in [2.05, 4.69) is 10.6 Å². The van der Waals surface area contributed by atoms with E-state index in [-0.39, 0.29) is 18.1 Å². The van der Waals surface area contributed by atoms with E-state index >= 15 is 0 Å². The van der Waals surface area contributed by atoms with Gasteiger partial charge in [0.05, 0.1) is 18.1 Å². The quantitative estimate of drug-likeness (QED) is 0.780. The molecule has 4 fully saturated rings. The van der Waals surface area contributed by atoms with Crippen molar-refractivity contribution >= 4 is 12.1 Å². The van der Waals surface area contributed by atoms with Crippen molar-refractivity contribution in [3.8, 4) is 0 Å². The monoisotopic (exact) mass is 332 g/mol. The molecule has 0 spiro atoms. The zero-order valence-electron chi connectivity index (χ0n) is 14.7. The topological polar surface area (TPSA) is 58.2 Å².